The fourth-order valence-corrected chi connectivity index (χ4v) is 2.86. The fourth-order valence-electron chi connectivity index (χ4n) is 1.80. The molecule has 0 aliphatic carbocycles. The number of rotatable bonds is 4. The molecule has 0 aliphatic rings. The molecule has 0 saturated heterocycles. The van der Waals surface area contributed by atoms with Crippen LogP contribution in [0.25, 0.3) is 0 Å². The Morgan fingerprint density at radius 3 is 2.33 bits per heavy atom. The van der Waals surface area contributed by atoms with E-state index in [2.05, 4.69) is 4.72 Å². The zero-order chi connectivity index (χ0) is 15.6. The van der Waals surface area contributed by atoms with E-state index in [-0.39, 0.29) is 22.7 Å². The van der Waals surface area contributed by atoms with Crippen molar-refractivity contribution in [3.63, 3.8) is 0 Å². The second-order valence-corrected chi connectivity index (χ2v) is 6.70. The van der Waals surface area contributed by atoms with Crippen LogP contribution in [0.3, 0.4) is 0 Å². The molecule has 2 aromatic rings. The summed E-state index contributed by atoms with van der Waals surface area (Å²) in [6.45, 7) is 3.59. The Bertz CT molecular complexity index is 733. The van der Waals surface area contributed by atoms with Gasteiger partial charge >= 0.3 is 0 Å². The predicted octanol–water partition coefficient (Wildman–Crippen LogP) is 2.50. The van der Waals surface area contributed by atoms with Crippen LogP contribution in [-0.4, -0.2) is 8.42 Å². The first-order valence-electron chi connectivity index (χ1n) is 6.40. The first-order valence-corrected chi connectivity index (χ1v) is 7.89. The highest BCUT2D eigenvalue weighted by molar-refractivity contribution is 7.89. The normalized spacial score (nSPS) is 11.6. The molecule has 2 rings (SSSR count). The maximum atomic E-state index is 13.6. The number of nitrogen functional groups attached to an aromatic ring is 1. The summed E-state index contributed by atoms with van der Waals surface area (Å²) in [5, 5.41) is 0. The Labute approximate surface area is 123 Å². The molecule has 0 amide bonds. The lowest BCUT2D eigenvalue weighted by atomic mass is 10.2. The lowest BCUT2D eigenvalue weighted by Crippen LogP contribution is -2.23. The molecule has 0 fully saturated rings. The Kier molecular flexibility index (Phi) is 4.29. The van der Waals surface area contributed by atoms with E-state index >= 15 is 0 Å². The number of halogens is 1. The van der Waals surface area contributed by atoms with Crippen molar-refractivity contribution in [2.75, 3.05) is 5.73 Å². The van der Waals surface area contributed by atoms with Gasteiger partial charge in [0.2, 0.25) is 10.0 Å². The summed E-state index contributed by atoms with van der Waals surface area (Å²) in [7, 11) is -3.80. The van der Waals surface area contributed by atoms with Gasteiger partial charge in [-0.1, -0.05) is 29.8 Å². The molecule has 0 aliphatic heterocycles. The van der Waals surface area contributed by atoms with Crippen molar-refractivity contribution in [1.82, 2.24) is 4.72 Å². The van der Waals surface area contributed by atoms with Gasteiger partial charge < -0.3 is 5.73 Å². The first kappa shape index (κ1) is 15.5. The maximum absolute atomic E-state index is 13.6. The van der Waals surface area contributed by atoms with Gasteiger partial charge in [-0.25, -0.2) is 17.5 Å². The quantitative estimate of drug-likeness (QED) is 0.852. The van der Waals surface area contributed by atoms with Crippen LogP contribution in [0.4, 0.5) is 10.1 Å². The smallest absolute Gasteiger partial charge is 0.241 e. The van der Waals surface area contributed by atoms with Gasteiger partial charge in [-0.2, -0.15) is 0 Å². The van der Waals surface area contributed by atoms with Gasteiger partial charge in [0.25, 0.3) is 0 Å². The Balaban J connectivity index is 2.20. The van der Waals surface area contributed by atoms with Gasteiger partial charge in [0.1, 0.15) is 5.82 Å². The molecule has 0 spiro atoms. The standard InChI is InChI=1S/C15H17FN2O2S/c1-10-3-5-12(6-4-10)9-18-21(19,20)13-7-14(16)11(2)15(17)8-13/h3-8,18H,9,17H2,1-2H3. The lowest BCUT2D eigenvalue weighted by molar-refractivity contribution is 0.576. The predicted molar refractivity (Wildman–Crippen MR) is 80.8 cm³/mol. The van der Waals surface area contributed by atoms with Crippen LogP contribution < -0.4 is 10.5 Å². The number of benzene rings is 2. The van der Waals surface area contributed by atoms with Gasteiger partial charge in [0.05, 0.1) is 4.90 Å². The fraction of sp³-hybridized carbons (Fsp3) is 0.200. The molecular weight excluding hydrogens is 291 g/mol. The van der Waals surface area contributed by atoms with Crippen molar-refractivity contribution in [1.29, 1.82) is 0 Å². The molecule has 21 heavy (non-hydrogen) atoms. The average molecular weight is 308 g/mol. The Morgan fingerprint density at radius 1 is 1.14 bits per heavy atom. The molecule has 0 saturated carbocycles. The minimum atomic E-state index is -3.80. The van der Waals surface area contributed by atoms with Crippen molar-refractivity contribution in [3.05, 3.63) is 58.9 Å². The summed E-state index contributed by atoms with van der Waals surface area (Å²) >= 11 is 0. The van der Waals surface area contributed by atoms with Crippen LogP contribution in [0.2, 0.25) is 0 Å². The van der Waals surface area contributed by atoms with Crippen molar-refractivity contribution in [3.8, 4) is 0 Å². The largest absolute Gasteiger partial charge is 0.398 e. The van der Waals surface area contributed by atoms with Gasteiger partial charge in [-0.05, 0) is 31.5 Å². The number of nitrogens with one attached hydrogen (secondary N) is 1. The second kappa shape index (κ2) is 5.83. The molecule has 6 heteroatoms. The van der Waals surface area contributed by atoms with Crippen LogP contribution in [0.1, 0.15) is 16.7 Å². The summed E-state index contributed by atoms with van der Waals surface area (Å²) in [6.07, 6.45) is 0. The molecule has 0 unspecified atom stereocenters. The van der Waals surface area contributed by atoms with Gasteiger partial charge in [0, 0.05) is 17.8 Å². The highest BCUT2D eigenvalue weighted by atomic mass is 32.2. The van der Waals surface area contributed by atoms with Crippen LogP contribution in [0.15, 0.2) is 41.3 Å². The molecular formula is C15H17FN2O2S. The van der Waals surface area contributed by atoms with E-state index in [1.54, 1.807) is 0 Å². The Morgan fingerprint density at radius 2 is 1.76 bits per heavy atom. The maximum Gasteiger partial charge on any atom is 0.241 e. The zero-order valence-electron chi connectivity index (χ0n) is 11.9. The number of hydrogen-bond donors (Lipinski definition) is 2. The summed E-state index contributed by atoms with van der Waals surface area (Å²) in [5.74, 6) is -0.634. The van der Waals surface area contributed by atoms with Crippen molar-refractivity contribution in [2.24, 2.45) is 0 Å². The number of nitrogens with two attached hydrogens (primary N) is 1. The minimum Gasteiger partial charge on any atom is -0.398 e. The third-order valence-electron chi connectivity index (χ3n) is 3.26. The molecule has 112 valence electrons. The summed E-state index contributed by atoms with van der Waals surface area (Å²) in [5.41, 5.74) is 7.89. The molecule has 4 nitrogen and oxygen atoms in total. The topological polar surface area (TPSA) is 72.2 Å². The van der Waals surface area contributed by atoms with E-state index in [1.807, 2.05) is 31.2 Å². The molecule has 2 aromatic carbocycles. The van der Waals surface area contributed by atoms with E-state index in [1.165, 1.54) is 13.0 Å². The number of anilines is 1. The molecule has 0 atom stereocenters. The van der Waals surface area contributed by atoms with E-state index in [0.717, 1.165) is 17.2 Å². The molecule has 0 aromatic heterocycles. The third-order valence-corrected chi connectivity index (χ3v) is 4.64. The number of aryl methyl sites for hydroxylation is 1. The van der Waals surface area contributed by atoms with Gasteiger partial charge in [0.15, 0.2) is 0 Å². The summed E-state index contributed by atoms with van der Waals surface area (Å²) < 4.78 is 40.4. The van der Waals surface area contributed by atoms with Gasteiger partial charge in [-0.3, -0.25) is 0 Å². The monoisotopic (exact) mass is 308 g/mol. The van der Waals surface area contributed by atoms with Crippen molar-refractivity contribution in [2.45, 2.75) is 25.3 Å². The third kappa shape index (κ3) is 3.59. The van der Waals surface area contributed by atoms with Crippen molar-refractivity contribution < 1.29 is 12.8 Å². The highest BCUT2D eigenvalue weighted by Crippen LogP contribution is 2.21. The summed E-state index contributed by atoms with van der Waals surface area (Å²) in [4.78, 5) is -0.171. The van der Waals surface area contributed by atoms with Crippen LogP contribution in [0, 0.1) is 19.7 Å². The van der Waals surface area contributed by atoms with Crippen molar-refractivity contribution >= 4 is 15.7 Å². The Hall–Kier alpha value is -1.92. The van der Waals surface area contributed by atoms with E-state index in [4.69, 9.17) is 5.73 Å². The van der Waals surface area contributed by atoms with Crippen LogP contribution >= 0.6 is 0 Å². The van der Waals surface area contributed by atoms with Crippen LogP contribution in [0.5, 0.6) is 0 Å². The number of sulfonamides is 1. The second-order valence-electron chi connectivity index (χ2n) is 4.93. The van der Waals surface area contributed by atoms with Crippen LogP contribution in [-0.2, 0) is 16.6 Å². The average Bonchev–Trinajstić information content (AvgIpc) is 2.43. The lowest BCUT2D eigenvalue weighted by Gasteiger charge is -2.09. The molecule has 0 bridgehead atoms. The minimum absolute atomic E-state index is 0.116. The molecule has 3 N–H and O–H groups in total. The number of hydrogen-bond acceptors (Lipinski definition) is 3. The van der Waals surface area contributed by atoms with E-state index in [0.29, 0.717) is 0 Å². The first-order chi connectivity index (χ1) is 9.79. The van der Waals surface area contributed by atoms with E-state index < -0.39 is 15.8 Å². The molecule has 0 radical (unpaired) electrons. The van der Waals surface area contributed by atoms with E-state index in [9.17, 15) is 12.8 Å². The molecule has 0 heterocycles. The SMILES string of the molecule is Cc1ccc(CNS(=O)(=O)c2cc(N)c(C)c(F)c2)cc1. The highest BCUT2D eigenvalue weighted by Gasteiger charge is 2.17. The van der Waals surface area contributed by atoms with Gasteiger partial charge in [-0.15, -0.1) is 0 Å². The summed E-state index contributed by atoms with van der Waals surface area (Å²) in [6, 6.07) is 9.70. The zero-order valence-corrected chi connectivity index (χ0v) is 12.7.